The van der Waals surface area contributed by atoms with E-state index >= 15 is 0 Å². The average molecular weight is 380 g/mol. The standard InChI is InChI=1S/C19H16F4N2O2/c20-13-3-1-12(2-4-13)17-11-25(10-9-16(17)18(24)26)14-5-7-15(8-6-14)27-19(21,22)23/h1-9,11,18,26H,10,24H2. The highest BCUT2D eigenvalue weighted by Crippen LogP contribution is 2.32. The Hall–Kier alpha value is -2.84. The van der Waals surface area contributed by atoms with Gasteiger partial charge in [0, 0.05) is 29.6 Å². The highest BCUT2D eigenvalue weighted by molar-refractivity contribution is 5.83. The van der Waals surface area contributed by atoms with Gasteiger partial charge in [0.05, 0.1) is 0 Å². The third-order valence-electron chi connectivity index (χ3n) is 3.98. The molecule has 0 aromatic heterocycles. The summed E-state index contributed by atoms with van der Waals surface area (Å²) in [6.07, 6.45) is -2.55. The molecule has 1 aliphatic heterocycles. The van der Waals surface area contributed by atoms with Crippen LogP contribution in [0.3, 0.4) is 0 Å². The number of aliphatic hydroxyl groups excluding tert-OH is 1. The number of hydrogen-bond donors (Lipinski definition) is 2. The van der Waals surface area contributed by atoms with Gasteiger partial charge in [0.25, 0.3) is 0 Å². The predicted molar refractivity (Wildman–Crippen MR) is 93.1 cm³/mol. The van der Waals surface area contributed by atoms with Crippen molar-refractivity contribution in [3.8, 4) is 5.75 Å². The van der Waals surface area contributed by atoms with Gasteiger partial charge in [0.2, 0.25) is 0 Å². The summed E-state index contributed by atoms with van der Waals surface area (Å²) in [5.41, 5.74) is 7.95. The van der Waals surface area contributed by atoms with Gasteiger partial charge in [-0.3, -0.25) is 0 Å². The van der Waals surface area contributed by atoms with Gasteiger partial charge in [-0.15, -0.1) is 13.2 Å². The predicted octanol–water partition coefficient (Wildman–Crippen LogP) is 3.79. The number of aliphatic hydroxyl groups is 1. The molecule has 1 unspecified atom stereocenters. The number of anilines is 1. The summed E-state index contributed by atoms with van der Waals surface area (Å²) in [4.78, 5) is 1.77. The lowest BCUT2D eigenvalue weighted by Gasteiger charge is -2.28. The van der Waals surface area contributed by atoms with E-state index in [-0.39, 0.29) is 5.75 Å². The number of rotatable bonds is 4. The molecule has 0 spiro atoms. The van der Waals surface area contributed by atoms with Crippen molar-refractivity contribution >= 4 is 11.3 Å². The lowest BCUT2D eigenvalue weighted by Crippen LogP contribution is -2.29. The molecular formula is C19H16F4N2O2. The van der Waals surface area contributed by atoms with Crippen LogP contribution in [0.1, 0.15) is 5.56 Å². The molecule has 8 heteroatoms. The van der Waals surface area contributed by atoms with E-state index in [1.54, 1.807) is 29.3 Å². The van der Waals surface area contributed by atoms with Crippen molar-refractivity contribution < 1.29 is 27.4 Å². The number of nitrogens with two attached hydrogens (primary N) is 1. The molecule has 0 aliphatic carbocycles. The third kappa shape index (κ3) is 4.66. The van der Waals surface area contributed by atoms with Gasteiger partial charge in [0.15, 0.2) is 0 Å². The van der Waals surface area contributed by atoms with Crippen LogP contribution in [0.15, 0.2) is 66.4 Å². The van der Waals surface area contributed by atoms with Crippen LogP contribution in [-0.2, 0) is 0 Å². The average Bonchev–Trinajstić information content (AvgIpc) is 2.61. The van der Waals surface area contributed by atoms with Crippen LogP contribution >= 0.6 is 0 Å². The zero-order valence-corrected chi connectivity index (χ0v) is 13.9. The van der Waals surface area contributed by atoms with Crippen molar-refractivity contribution in [2.24, 2.45) is 5.73 Å². The summed E-state index contributed by atoms with van der Waals surface area (Å²) in [5.74, 6) is -0.717. The first-order valence-corrected chi connectivity index (χ1v) is 7.97. The van der Waals surface area contributed by atoms with Crippen LogP contribution in [0.5, 0.6) is 5.75 Å². The van der Waals surface area contributed by atoms with Crippen LogP contribution in [0.25, 0.3) is 5.57 Å². The van der Waals surface area contributed by atoms with E-state index in [9.17, 15) is 22.7 Å². The normalized spacial score (nSPS) is 15.9. The van der Waals surface area contributed by atoms with Crippen molar-refractivity contribution in [1.29, 1.82) is 0 Å². The van der Waals surface area contributed by atoms with Gasteiger partial charge in [-0.1, -0.05) is 18.2 Å². The minimum Gasteiger partial charge on any atom is -0.406 e. The van der Waals surface area contributed by atoms with Crippen LogP contribution in [-0.4, -0.2) is 24.2 Å². The monoisotopic (exact) mass is 380 g/mol. The molecule has 27 heavy (non-hydrogen) atoms. The molecule has 3 N–H and O–H groups in total. The van der Waals surface area contributed by atoms with Gasteiger partial charge in [0.1, 0.15) is 17.8 Å². The van der Waals surface area contributed by atoms with Gasteiger partial charge < -0.3 is 20.5 Å². The minimum absolute atomic E-state index is 0.320. The molecule has 0 fully saturated rings. The third-order valence-corrected chi connectivity index (χ3v) is 3.98. The zero-order chi connectivity index (χ0) is 19.6. The van der Waals surface area contributed by atoms with Crippen molar-refractivity contribution in [2.75, 3.05) is 11.4 Å². The zero-order valence-electron chi connectivity index (χ0n) is 13.9. The lowest BCUT2D eigenvalue weighted by molar-refractivity contribution is -0.274. The SMILES string of the molecule is NC(O)C1=CCN(c2ccc(OC(F)(F)F)cc2)C=C1c1ccc(F)cc1. The molecular weight excluding hydrogens is 364 g/mol. The first kappa shape index (κ1) is 18.9. The molecule has 0 saturated heterocycles. The smallest absolute Gasteiger partial charge is 0.406 e. The highest BCUT2D eigenvalue weighted by atomic mass is 19.4. The molecule has 4 nitrogen and oxygen atoms in total. The maximum Gasteiger partial charge on any atom is 0.573 e. The van der Waals surface area contributed by atoms with E-state index < -0.39 is 18.4 Å². The minimum atomic E-state index is -4.75. The molecule has 0 bridgehead atoms. The first-order chi connectivity index (χ1) is 12.7. The number of hydrogen-bond acceptors (Lipinski definition) is 4. The fourth-order valence-electron chi connectivity index (χ4n) is 2.76. The summed E-state index contributed by atoms with van der Waals surface area (Å²) in [6.45, 7) is 0.355. The summed E-state index contributed by atoms with van der Waals surface area (Å²) >= 11 is 0. The molecule has 1 aliphatic rings. The number of ether oxygens (including phenoxy) is 1. The second-order valence-electron chi connectivity index (χ2n) is 5.85. The topological polar surface area (TPSA) is 58.7 Å². The van der Waals surface area contributed by atoms with E-state index in [4.69, 9.17) is 5.73 Å². The van der Waals surface area contributed by atoms with E-state index in [2.05, 4.69) is 4.74 Å². The van der Waals surface area contributed by atoms with Gasteiger partial charge in [-0.25, -0.2) is 4.39 Å². The number of nitrogens with zero attached hydrogens (tertiary/aromatic N) is 1. The Morgan fingerprint density at radius 2 is 1.67 bits per heavy atom. The van der Waals surface area contributed by atoms with Crippen LogP contribution in [0.4, 0.5) is 23.2 Å². The molecule has 2 aromatic carbocycles. The molecule has 0 radical (unpaired) electrons. The largest absolute Gasteiger partial charge is 0.573 e. The Balaban J connectivity index is 1.89. The summed E-state index contributed by atoms with van der Waals surface area (Å²) in [5, 5.41) is 9.82. The number of benzene rings is 2. The molecule has 2 aromatic rings. The van der Waals surface area contributed by atoms with Gasteiger partial charge >= 0.3 is 6.36 Å². The summed E-state index contributed by atoms with van der Waals surface area (Å²) in [6, 6.07) is 11.1. The van der Waals surface area contributed by atoms with E-state index in [0.29, 0.717) is 28.9 Å². The fourth-order valence-corrected chi connectivity index (χ4v) is 2.76. The highest BCUT2D eigenvalue weighted by Gasteiger charge is 2.31. The Morgan fingerprint density at radius 1 is 1.04 bits per heavy atom. The van der Waals surface area contributed by atoms with Crippen molar-refractivity contribution in [2.45, 2.75) is 12.6 Å². The molecule has 0 saturated carbocycles. The Morgan fingerprint density at radius 3 is 2.22 bits per heavy atom. The fraction of sp³-hybridized carbons (Fsp3) is 0.158. The van der Waals surface area contributed by atoms with Crippen molar-refractivity contribution in [1.82, 2.24) is 0 Å². The van der Waals surface area contributed by atoms with Crippen molar-refractivity contribution in [3.05, 3.63) is 77.8 Å². The molecule has 0 amide bonds. The first-order valence-electron chi connectivity index (χ1n) is 7.97. The lowest BCUT2D eigenvalue weighted by atomic mass is 9.95. The summed E-state index contributed by atoms with van der Waals surface area (Å²) in [7, 11) is 0. The Labute approximate surface area is 152 Å². The van der Waals surface area contributed by atoms with Crippen molar-refractivity contribution in [3.63, 3.8) is 0 Å². The van der Waals surface area contributed by atoms with E-state index in [1.807, 2.05) is 0 Å². The van der Waals surface area contributed by atoms with Crippen LogP contribution < -0.4 is 15.4 Å². The number of halogens is 4. The van der Waals surface area contributed by atoms with Crippen LogP contribution in [0, 0.1) is 5.82 Å². The molecule has 1 heterocycles. The molecule has 142 valence electrons. The Kier molecular flexibility index (Phi) is 5.20. The van der Waals surface area contributed by atoms with Gasteiger partial charge in [-0.05, 0) is 42.0 Å². The van der Waals surface area contributed by atoms with E-state index in [0.717, 1.165) is 0 Å². The second-order valence-corrected chi connectivity index (χ2v) is 5.85. The second kappa shape index (κ2) is 7.42. The van der Waals surface area contributed by atoms with Gasteiger partial charge in [-0.2, -0.15) is 0 Å². The number of alkyl halides is 3. The van der Waals surface area contributed by atoms with E-state index in [1.165, 1.54) is 36.4 Å². The molecule has 1 atom stereocenters. The molecule has 3 rings (SSSR count). The van der Waals surface area contributed by atoms with Crippen LogP contribution in [0.2, 0.25) is 0 Å². The quantitative estimate of drug-likeness (QED) is 0.626. The Bertz CT molecular complexity index is 857. The maximum absolute atomic E-state index is 13.2. The maximum atomic E-state index is 13.2. The summed E-state index contributed by atoms with van der Waals surface area (Å²) < 4.78 is 53.9.